The molecule has 0 spiro atoms. The van der Waals surface area contributed by atoms with E-state index in [4.69, 9.17) is 14.6 Å². The minimum Gasteiger partial charge on any atom is -0.463 e. The first-order valence-corrected chi connectivity index (χ1v) is 7.68. The second-order valence-electron chi connectivity index (χ2n) is 6.87. The molecule has 1 rings (SSSR count). The van der Waals surface area contributed by atoms with Crippen molar-refractivity contribution in [1.29, 1.82) is 0 Å². The molecule has 1 aromatic carbocycles. The molecule has 0 radical (unpaired) electrons. The first-order valence-electron chi connectivity index (χ1n) is 7.68. The van der Waals surface area contributed by atoms with E-state index in [-0.39, 0.29) is 32.2 Å². The van der Waals surface area contributed by atoms with Crippen molar-refractivity contribution >= 4 is 11.9 Å². The van der Waals surface area contributed by atoms with E-state index in [2.05, 4.69) is 0 Å². The fraction of sp³-hybridized carbons (Fsp3) is 0.556. The van der Waals surface area contributed by atoms with Crippen LogP contribution < -0.4 is 0 Å². The maximum absolute atomic E-state index is 12.3. The zero-order valence-electron chi connectivity index (χ0n) is 14.3. The summed E-state index contributed by atoms with van der Waals surface area (Å²) in [7, 11) is 0. The molecule has 0 bridgehead atoms. The highest BCUT2D eigenvalue weighted by Crippen LogP contribution is 2.35. The van der Waals surface area contributed by atoms with Gasteiger partial charge in [-0.25, -0.2) is 0 Å². The summed E-state index contributed by atoms with van der Waals surface area (Å²) in [6.07, 6.45) is 0.290. The molecule has 0 saturated carbocycles. The largest absolute Gasteiger partial charge is 0.463 e. The van der Waals surface area contributed by atoms with E-state index >= 15 is 0 Å². The first-order chi connectivity index (χ1) is 10.7. The molecular weight excluding hydrogens is 296 g/mol. The van der Waals surface area contributed by atoms with Gasteiger partial charge in [0.2, 0.25) is 0 Å². The number of aliphatic hydroxyl groups is 1. The van der Waals surface area contributed by atoms with E-state index in [1.165, 1.54) is 0 Å². The van der Waals surface area contributed by atoms with Gasteiger partial charge < -0.3 is 14.6 Å². The van der Waals surface area contributed by atoms with Crippen molar-refractivity contribution in [1.82, 2.24) is 0 Å². The molecule has 0 amide bonds. The van der Waals surface area contributed by atoms with Gasteiger partial charge in [-0.3, -0.25) is 9.59 Å². The maximum atomic E-state index is 12.3. The highest BCUT2D eigenvalue weighted by Gasteiger charge is 2.40. The molecule has 0 aliphatic heterocycles. The normalized spacial score (nSPS) is 11.9. The topological polar surface area (TPSA) is 72.8 Å². The lowest BCUT2D eigenvalue weighted by molar-refractivity contribution is -0.163. The number of esters is 2. The van der Waals surface area contributed by atoms with E-state index < -0.39 is 16.8 Å². The molecule has 0 atom stereocenters. The highest BCUT2D eigenvalue weighted by molar-refractivity contribution is 5.80. The van der Waals surface area contributed by atoms with Gasteiger partial charge in [-0.1, -0.05) is 30.3 Å². The maximum Gasteiger partial charge on any atom is 0.311 e. The smallest absolute Gasteiger partial charge is 0.311 e. The van der Waals surface area contributed by atoms with Gasteiger partial charge in [0.15, 0.2) is 0 Å². The van der Waals surface area contributed by atoms with E-state index in [1.807, 2.05) is 30.3 Å². The molecule has 0 unspecified atom stereocenters. The van der Waals surface area contributed by atoms with Crippen molar-refractivity contribution in [3.05, 3.63) is 35.9 Å². The minimum absolute atomic E-state index is 0.0405. The molecule has 23 heavy (non-hydrogen) atoms. The average Bonchev–Trinajstić information content (AvgIpc) is 2.50. The Morgan fingerprint density at radius 1 is 0.957 bits per heavy atom. The van der Waals surface area contributed by atoms with Crippen molar-refractivity contribution in [2.45, 2.75) is 40.7 Å². The fourth-order valence-corrected chi connectivity index (χ4v) is 2.50. The zero-order valence-corrected chi connectivity index (χ0v) is 14.3. The molecular formula is C18H26O5. The molecule has 0 heterocycles. The van der Waals surface area contributed by atoms with Crippen LogP contribution in [0.25, 0.3) is 0 Å². The van der Waals surface area contributed by atoms with Crippen molar-refractivity contribution < 1.29 is 24.2 Å². The molecule has 0 fully saturated rings. The van der Waals surface area contributed by atoms with Crippen molar-refractivity contribution in [3.63, 3.8) is 0 Å². The van der Waals surface area contributed by atoms with Crippen LogP contribution in [0.2, 0.25) is 0 Å². The number of carbonyl (C=O) groups is 2. The predicted octanol–water partition coefficient (Wildman–Crippen LogP) is 2.71. The van der Waals surface area contributed by atoms with Crippen LogP contribution in [0, 0.1) is 10.8 Å². The summed E-state index contributed by atoms with van der Waals surface area (Å²) in [5.41, 5.74) is -0.751. The third-order valence-corrected chi connectivity index (χ3v) is 3.53. The van der Waals surface area contributed by atoms with Crippen LogP contribution in [0.5, 0.6) is 0 Å². The molecule has 1 N–H and O–H groups in total. The van der Waals surface area contributed by atoms with E-state index in [9.17, 15) is 9.59 Å². The average molecular weight is 322 g/mol. The monoisotopic (exact) mass is 322 g/mol. The Balaban J connectivity index is 2.62. The van der Waals surface area contributed by atoms with Crippen LogP contribution in [-0.4, -0.2) is 30.3 Å². The quantitative estimate of drug-likeness (QED) is 0.745. The summed E-state index contributed by atoms with van der Waals surface area (Å²) in [5, 5.41) is 8.73. The van der Waals surface area contributed by atoms with Gasteiger partial charge in [-0.2, -0.15) is 0 Å². The number of aliphatic hydroxyl groups excluding tert-OH is 1. The molecule has 0 aliphatic carbocycles. The Labute approximate surface area is 137 Å². The summed E-state index contributed by atoms with van der Waals surface area (Å²) in [4.78, 5) is 24.4. The Morgan fingerprint density at radius 3 is 2.00 bits per heavy atom. The predicted molar refractivity (Wildman–Crippen MR) is 86.5 cm³/mol. The third-order valence-electron chi connectivity index (χ3n) is 3.53. The number of carbonyl (C=O) groups excluding carboxylic acids is 2. The van der Waals surface area contributed by atoms with Crippen LogP contribution in [0.4, 0.5) is 0 Å². The van der Waals surface area contributed by atoms with E-state index in [1.54, 1.807) is 27.7 Å². The second-order valence-corrected chi connectivity index (χ2v) is 6.87. The molecule has 5 heteroatoms. The lowest BCUT2D eigenvalue weighted by atomic mass is 9.75. The summed E-state index contributed by atoms with van der Waals surface area (Å²) < 4.78 is 10.3. The summed E-state index contributed by atoms with van der Waals surface area (Å²) in [6, 6.07) is 9.44. The highest BCUT2D eigenvalue weighted by atomic mass is 16.5. The van der Waals surface area contributed by atoms with Crippen LogP contribution in [0.1, 0.15) is 39.7 Å². The minimum atomic E-state index is -0.843. The van der Waals surface area contributed by atoms with Crippen LogP contribution in [0.15, 0.2) is 30.3 Å². The number of ether oxygens (including phenoxy) is 2. The van der Waals surface area contributed by atoms with Crippen molar-refractivity contribution in [2.75, 3.05) is 13.2 Å². The molecule has 0 aromatic heterocycles. The number of benzene rings is 1. The van der Waals surface area contributed by atoms with Gasteiger partial charge in [0, 0.05) is 0 Å². The molecule has 128 valence electrons. The summed E-state index contributed by atoms with van der Waals surface area (Å²) >= 11 is 0. The fourth-order valence-electron chi connectivity index (χ4n) is 2.50. The first kappa shape index (κ1) is 19.2. The number of rotatable bonds is 8. The van der Waals surface area contributed by atoms with Crippen molar-refractivity contribution in [2.24, 2.45) is 10.8 Å². The van der Waals surface area contributed by atoms with Crippen LogP contribution >= 0.6 is 0 Å². The van der Waals surface area contributed by atoms with Gasteiger partial charge in [0.1, 0.15) is 13.2 Å². The molecule has 5 nitrogen and oxygen atoms in total. The summed E-state index contributed by atoms with van der Waals surface area (Å²) in [5.74, 6) is -0.792. The zero-order chi connectivity index (χ0) is 17.5. The summed E-state index contributed by atoms with van der Waals surface area (Å²) in [6.45, 7) is 6.89. The van der Waals surface area contributed by atoms with Gasteiger partial charge in [0.05, 0.1) is 17.4 Å². The number of hydrogen-bond acceptors (Lipinski definition) is 5. The standard InChI is InChI=1S/C18H26O5/c1-17(2,15(20)22-11-10-19)13-18(3,4)16(21)23-12-14-8-6-5-7-9-14/h5-9,19H,10-13H2,1-4H3. The van der Waals surface area contributed by atoms with E-state index in [0.717, 1.165) is 5.56 Å². The Morgan fingerprint density at radius 2 is 1.48 bits per heavy atom. The molecule has 0 saturated heterocycles. The van der Waals surface area contributed by atoms with Gasteiger partial charge in [-0.05, 0) is 39.7 Å². The third kappa shape index (κ3) is 6.02. The van der Waals surface area contributed by atoms with Gasteiger partial charge >= 0.3 is 11.9 Å². The molecule has 1 aromatic rings. The second kappa shape index (κ2) is 8.11. The van der Waals surface area contributed by atoms with E-state index in [0.29, 0.717) is 0 Å². The Kier molecular flexibility index (Phi) is 6.76. The SMILES string of the molecule is CC(C)(CC(C)(C)C(=O)OCc1ccccc1)C(=O)OCCO. The lowest BCUT2D eigenvalue weighted by Crippen LogP contribution is -2.37. The lowest BCUT2D eigenvalue weighted by Gasteiger charge is -2.31. The Hall–Kier alpha value is -1.88. The van der Waals surface area contributed by atoms with Gasteiger partial charge in [-0.15, -0.1) is 0 Å². The number of hydrogen-bond donors (Lipinski definition) is 1. The Bertz CT molecular complexity index is 519. The molecule has 0 aliphatic rings. The van der Waals surface area contributed by atoms with Gasteiger partial charge in [0.25, 0.3) is 0 Å². The van der Waals surface area contributed by atoms with Crippen LogP contribution in [0.3, 0.4) is 0 Å². The van der Waals surface area contributed by atoms with Crippen LogP contribution in [-0.2, 0) is 25.7 Å². The van der Waals surface area contributed by atoms with Crippen molar-refractivity contribution in [3.8, 4) is 0 Å².